The molecular weight excluding hydrogens is 276 g/mol. The molecule has 2 rings (SSSR count). The van der Waals surface area contributed by atoms with Crippen molar-refractivity contribution >= 4 is 11.4 Å². The van der Waals surface area contributed by atoms with Crippen molar-refractivity contribution in [3.63, 3.8) is 0 Å². The van der Waals surface area contributed by atoms with Gasteiger partial charge in [-0.25, -0.2) is 0 Å². The molecule has 22 heavy (non-hydrogen) atoms. The minimum Gasteiger partial charge on any atom is -0.145 e. The Balaban J connectivity index is 2.38. The number of hydrogen-bond donors (Lipinski definition) is 0. The van der Waals surface area contributed by atoms with E-state index in [1.807, 2.05) is 12.1 Å². The number of nitrogens with zero attached hydrogens (tertiary/aromatic N) is 2. The van der Waals surface area contributed by atoms with Crippen LogP contribution in [0.3, 0.4) is 0 Å². The summed E-state index contributed by atoms with van der Waals surface area (Å²) < 4.78 is 0. The van der Waals surface area contributed by atoms with E-state index in [0.717, 1.165) is 50.5 Å². The molecule has 0 aliphatic heterocycles. The number of allylic oxidation sites excluding steroid dienone is 2. The first-order valence-electron chi connectivity index (χ1n) is 8.20. The lowest BCUT2D eigenvalue weighted by atomic mass is 9.84. The minimum atomic E-state index is 0.0823. The standard InChI is InChI=1S/C18H24N2O2/c1-3-4-5-8-14-11-16(19-21)18(17(12-14)20-22)15-9-6-7-13(2)10-15/h10-12,15H,3-9H2,1-2H3/t15-/m0/s1. The Morgan fingerprint density at radius 2 is 1.82 bits per heavy atom. The molecule has 1 atom stereocenters. The first-order chi connectivity index (χ1) is 10.7. The first kappa shape index (κ1) is 16.5. The molecule has 0 fully saturated rings. The van der Waals surface area contributed by atoms with E-state index >= 15 is 0 Å². The molecule has 0 aromatic heterocycles. The summed E-state index contributed by atoms with van der Waals surface area (Å²) in [5.74, 6) is 0.0823. The van der Waals surface area contributed by atoms with Crippen molar-refractivity contribution in [2.24, 2.45) is 10.4 Å². The Labute approximate surface area is 132 Å². The van der Waals surface area contributed by atoms with E-state index < -0.39 is 0 Å². The van der Waals surface area contributed by atoms with Gasteiger partial charge in [0.2, 0.25) is 0 Å². The van der Waals surface area contributed by atoms with Crippen LogP contribution in [0, 0.1) is 9.81 Å². The largest absolute Gasteiger partial charge is 0.145 e. The smallest absolute Gasteiger partial charge is 0.114 e. The van der Waals surface area contributed by atoms with Crippen LogP contribution in [0.25, 0.3) is 0 Å². The lowest BCUT2D eigenvalue weighted by Gasteiger charge is -2.22. The molecule has 0 amide bonds. The highest BCUT2D eigenvalue weighted by atomic mass is 16.3. The summed E-state index contributed by atoms with van der Waals surface area (Å²) in [6.07, 6.45) is 9.44. The maximum absolute atomic E-state index is 11.3. The van der Waals surface area contributed by atoms with E-state index in [2.05, 4.69) is 30.3 Å². The molecule has 0 radical (unpaired) electrons. The van der Waals surface area contributed by atoms with E-state index in [4.69, 9.17) is 0 Å². The monoisotopic (exact) mass is 300 g/mol. The van der Waals surface area contributed by atoms with Crippen LogP contribution in [0.15, 0.2) is 34.1 Å². The van der Waals surface area contributed by atoms with Gasteiger partial charge in [-0.05, 0) is 67.1 Å². The lowest BCUT2D eigenvalue weighted by Crippen LogP contribution is -2.03. The number of nitroso groups, excluding NO2 is 2. The van der Waals surface area contributed by atoms with Gasteiger partial charge in [-0.2, -0.15) is 0 Å². The zero-order valence-corrected chi connectivity index (χ0v) is 13.5. The zero-order valence-electron chi connectivity index (χ0n) is 13.5. The molecule has 118 valence electrons. The van der Waals surface area contributed by atoms with Gasteiger partial charge in [0.15, 0.2) is 0 Å². The predicted molar refractivity (Wildman–Crippen MR) is 90.9 cm³/mol. The second-order valence-corrected chi connectivity index (χ2v) is 6.20. The second kappa shape index (κ2) is 7.97. The van der Waals surface area contributed by atoms with Crippen molar-refractivity contribution in [3.05, 3.63) is 44.7 Å². The zero-order chi connectivity index (χ0) is 15.9. The van der Waals surface area contributed by atoms with Crippen LogP contribution in [0.5, 0.6) is 0 Å². The Kier molecular flexibility index (Phi) is 5.99. The summed E-state index contributed by atoms with van der Waals surface area (Å²) in [6.45, 7) is 4.24. The van der Waals surface area contributed by atoms with E-state index in [9.17, 15) is 9.81 Å². The molecular formula is C18H24N2O2. The molecule has 1 aliphatic carbocycles. The highest BCUT2D eigenvalue weighted by molar-refractivity contribution is 5.65. The van der Waals surface area contributed by atoms with Gasteiger partial charge in [-0.3, -0.25) is 0 Å². The molecule has 4 heteroatoms. The summed E-state index contributed by atoms with van der Waals surface area (Å²) in [4.78, 5) is 22.6. The summed E-state index contributed by atoms with van der Waals surface area (Å²) in [6, 6.07) is 3.68. The molecule has 1 aromatic carbocycles. The van der Waals surface area contributed by atoms with Gasteiger partial charge in [-0.1, -0.05) is 31.4 Å². The molecule has 1 aromatic rings. The topological polar surface area (TPSA) is 58.9 Å². The summed E-state index contributed by atoms with van der Waals surface area (Å²) in [5.41, 5.74) is 3.78. The van der Waals surface area contributed by atoms with Crippen molar-refractivity contribution in [1.82, 2.24) is 0 Å². The van der Waals surface area contributed by atoms with Gasteiger partial charge in [-0.15, -0.1) is 9.81 Å². The van der Waals surface area contributed by atoms with Crippen molar-refractivity contribution < 1.29 is 0 Å². The molecule has 0 saturated carbocycles. The van der Waals surface area contributed by atoms with Gasteiger partial charge < -0.3 is 0 Å². The fourth-order valence-corrected chi connectivity index (χ4v) is 3.27. The molecule has 0 unspecified atom stereocenters. The van der Waals surface area contributed by atoms with Crippen LogP contribution in [-0.4, -0.2) is 0 Å². The molecule has 0 N–H and O–H groups in total. The second-order valence-electron chi connectivity index (χ2n) is 6.20. The first-order valence-corrected chi connectivity index (χ1v) is 8.20. The molecule has 0 bridgehead atoms. The molecule has 4 nitrogen and oxygen atoms in total. The van der Waals surface area contributed by atoms with Gasteiger partial charge in [0.05, 0.1) is 0 Å². The van der Waals surface area contributed by atoms with E-state index in [-0.39, 0.29) is 5.92 Å². The van der Waals surface area contributed by atoms with Crippen LogP contribution in [0.2, 0.25) is 0 Å². The lowest BCUT2D eigenvalue weighted by molar-refractivity contribution is 0.634. The van der Waals surface area contributed by atoms with Crippen LogP contribution in [0.4, 0.5) is 11.4 Å². The van der Waals surface area contributed by atoms with Crippen molar-refractivity contribution in [2.75, 3.05) is 0 Å². The fourth-order valence-electron chi connectivity index (χ4n) is 3.27. The summed E-state index contributed by atoms with van der Waals surface area (Å²) >= 11 is 0. The SMILES string of the molecule is CCCCCc1cc(N=O)c([C@@H]2C=C(C)CCC2)c(N=O)c1. The number of unbranched alkanes of at least 4 members (excludes halogenated alkanes) is 2. The number of rotatable bonds is 7. The van der Waals surface area contributed by atoms with E-state index in [1.165, 1.54) is 5.57 Å². The number of aryl methyl sites for hydroxylation is 1. The summed E-state index contributed by atoms with van der Waals surface area (Å²) in [7, 11) is 0. The third-order valence-electron chi connectivity index (χ3n) is 4.40. The van der Waals surface area contributed by atoms with Crippen molar-refractivity contribution in [1.29, 1.82) is 0 Å². The predicted octanol–water partition coefficient (Wildman–Crippen LogP) is 6.43. The van der Waals surface area contributed by atoms with Crippen LogP contribution < -0.4 is 0 Å². The van der Waals surface area contributed by atoms with E-state index in [1.54, 1.807) is 0 Å². The Hall–Kier alpha value is -1.84. The van der Waals surface area contributed by atoms with Crippen LogP contribution in [-0.2, 0) is 6.42 Å². The highest BCUT2D eigenvalue weighted by Gasteiger charge is 2.22. The molecule has 0 saturated heterocycles. The molecule has 0 heterocycles. The van der Waals surface area contributed by atoms with E-state index in [0.29, 0.717) is 16.9 Å². The Morgan fingerprint density at radius 3 is 2.36 bits per heavy atom. The van der Waals surface area contributed by atoms with Gasteiger partial charge in [0.1, 0.15) is 11.4 Å². The highest BCUT2D eigenvalue weighted by Crippen LogP contribution is 2.42. The maximum Gasteiger partial charge on any atom is 0.114 e. The minimum absolute atomic E-state index is 0.0823. The Morgan fingerprint density at radius 1 is 1.14 bits per heavy atom. The normalized spacial score (nSPS) is 17.9. The average molecular weight is 300 g/mol. The third-order valence-corrected chi connectivity index (χ3v) is 4.40. The third kappa shape index (κ3) is 3.87. The van der Waals surface area contributed by atoms with Gasteiger partial charge >= 0.3 is 0 Å². The Bertz CT molecular complexity index is 549. The molecule has 1 aliphatic rings. The number of benzene rings is 1. The van der Waals surface area contributed by atoms with Gasteiger partial charge in [0.25, 0.3) is 0 Å². The fraction of sp³-hybridized carbons (Fsp3) is 0.556. The average Bonchev–Trinajstić information content (AvgIpc) is 2.54. The van der Waals surface area contributed by atoms with Gasteiger partial charge in [0, 0.05) is 11.5 Å². The quantitative estimate of drug-likeness (QED) is 0.331. The van der Waals surface area contributed by atoms with Crippen molar-refractivity contribution in [3.8, 4) is 0 Å². The van der Waals surface area contributed by atoms with Crippen molar-refractivity contribution in [2.45, 2.75) is 64.7 Å². The van der Waals surface area contributed by atoms with Crippen LogP contribution >= 0.6 is 0 Å². The summed E-state index contributed by atoms with van der Waals surface area (Å²) in [5, 5.41) is 6.38. The number of hydrogen-bond acceptors (Lipinski definition) is 4. The molecule has 0 spiro atoms. The maximum atomic E-state index is 11.3. The van der Waals surface area contributed by atoms with Crippen LogP contribution in [0.1, 0.15) is 69.4 Å².